The molecule has 3 rings (SSSR count). The maximum absolute atomic E-state index is 12.0. The second kappa shape index (κ2) is 6.44. The van der Waals surface area contributed by atoms with Crippen LogP contribution in [-0.4, -0.2) is 29.0 Å². The van der Waals surface area contributed by atoms with Crippen molar-refractivity contribution in [3.63, 3.8) is 0 Å². The summed E-state index contributed by atoms with van der Waals surface area (Å²) in [5, 5.41) is 4.99. The van der Waals surface area contributed by atoms with Crippen molar-refractivity contribution in [2.45, 2.75) is 46.1 Å². The van der Waals surface area contributed by atoms with Gasteiger partial charge < -0.3 is 15.2 Å². The van der Waals surface area contributed by atoms with Crippen molar-refractivity contribution in [3.8, 4) is 0 Å². The van der Waals surface area contributed by atoms with E-state index in [-0.39, 0.29) is 6.03 Å². The number of likely N-dealkylation sites (tertiary alicyclic amines) is 1. The summed E-state index contributed by atoms with van der Waals surface area (Å²) in [7, 11) is 0. The number of H-pyrrole nitrogens is 1. The molecule has 0 aliphatic carbocycles. The topological polar surface area (TPSA) is 48.1 Å². The molecule has 0 atom stereocenters. The van der Waals surface area contributed by atoms with Crippen LogP contribution in [0.25, 0.3) is 10.9 Å². The van der Waals surface area contributed by atoms with Gasteiger partial charge in [-0.2, -0.15) is 0 Å². The second-order valence-corrected chi connectivity index (χ2v) is 6.92. The lowest BCUT2D eigenvalue weighted by Gasteiger charge is -2.30. The lowest BCUT2D eigenvalue weighted by molar-refractivity contribution is 0.167. The maximum Gasteiger partial charge on any atom is 0.317 e. The summed E-state index contributed by atoms with van der Waals surface area (Å²) in [4.78, 5) is 17.3. The highest BCUT2D eigenvalue weighted by molar-refractivity contribution is 6.32. The van der Waals surface area contributed by atoms with E-state index in [1.165, 1.54) is 5.56 Å². The summed E-state index contributed by atoms with van der Waals surface area (Å²) in [6.45, 7) is 8.68. The van der Waals surface area contributed by atoms with Crippen LogP contribution in [0.5, 0.6) is 0 Å². The van der Waals surface area contributed by atoms with Crippen molar-refractivity contribution < 1.29 is 4.79 Å². The zero-order valence-corrected chi connectivity index (χ0v) is 14.8. The molecule has 0 spiro atoms. The first-order valence-corrected chi connectivity index (χ1v) is 8.74. The van der Waals surface area contributed by atoms with Gasteiger partial charge >= 0.3 is 6.03 Å². The van der Waals surface area contributed by atoms with Gasteiger partial charge in [0.05, 0.1) is 6.54 Å². The van der Waals surface area contributed by atoms with Crippen molar-refractivity contribution in [2.24, 2.45) is 0 Å². The molecule has 1 fully saturated rings. The Bertz CT molecular complexity index is 731. The number of urea groups is 1. The van der Waals surface area contributed by atoms with Gasteiger partial charge in [0, 0.05) is 34.7 Å². The first-order valence-electron chi connectivity index (χ1n) is 8.37. The summed E-state index contributed by atoms with van der Waals surface area (Å²) in [6, 6.07) is 4.22. The number of hydrogen-bond acceptors (Lipinski definition) is 1. The monoisotopic (exact) mass is 333 g/mol. The predicted octanol–water partition coefficient (Wildman–Crippen LogP) is 4.42. The highest BCUT2D eigenvalue weighted by Crippen LogP contribution is 2.32. The van der Waals surface area contributed by atoms with Crippen LogP contribution in [0.15, 0.2) is 12.1 Å². The van der Waals surface area contributed by atoms with Crippen LogP contribution in [0.1, 0.15) is 49.9 Å². The molecule has 1 aliphatic rings. The first kappa shape index (κ1) is 16.2. The number of aromatic nitrogens is 1. The Morgan fingerprint density at radius 1 is 1.39 bits per heavy atom. The molecule has 5 heteroatoms. The fourth-order valence-corrected chi connectivity index (χ4v) is 3.52. The highest BCUT2D eigenvalue weighted by atomic mass is 35.5. The number of aromatic amines is 1. The minimum atomic E-state index is 0.0258. The van der Waals surface area contributed by atoms with E-state index in [2.05, 4.69) is 43.2 Å². The van der Waals surface area contributed by atoms with E-state index in [0.717, 1.165) is 53.1 Å². The van der Waals surface area contributed by atoms with Gasteiger partial charge in [-0.05, 0) is 42.0 Å². The quantitative estimate of drug-likeness (QED) is 0.854. The average molecular weight is 334 g/mol. The van der Waals surface area contributed by atoms with E-state index in [0.29, 0.717) is 12.5 Å². The Kier molecular flexibility index (Phi) is 4.53. The molecule has 1 aromatic carbocycles. The molecule has 0 saturated carbocycles. The van der Waals surface area contributed by atoms with E-state index in [1.807, 2.05) is 4.90 Å². The Hall–Kier alpha value is -1.68. The van der Waals surface area contributed by atoms with Gasteiger partial charge in [-0.3, -0.25) is 0 Å². The predicted molar refractivity (Wildman–Crippen MR) is 95.2 cm³/mol. The number of nitrogens with zero attached hydrogens (tertiary/aromatic N) is 1. The summed E-state index contributed by atoms with van der Waals surface area (Å²) < 4.78 is 0. The lowest BCUT2D eigenvalue weighted by Crippen LogP contribution is -2.47. The standard InChI is InChI=1S/C18H24ClN3O/c1-4-12-14-8-15(19)13(11(2)3)9-16(14)21-17(12)10-20-18(23)22-6-5-7-22/h8-9,11,21H,4-7,10H2,1-3H3,(H,20,23). The molecular weight excluding hydrogens is 310 g/mol. The van der Waals surface area contributed by atoms with Gasteiger partial charge in [-0.25, -0.2) is 4.79 Å². The molecule has 1 saturated heterocycles. The normalized spacial score (nSPS) is 14.4. The minimum absolute atomic E-state index is 0.0258. The van der Waals surface area contributed by atoms with E-state index in [9.17, 15) is 4.79 Å². The summed E-state index contributed by atoms with van der Waals surface area (Å²) in [5.41, 5.74) is 4.57. The van der Waals surface area contributed by atoms with Crippen LogP contribution in [0, 0.1) is 0 Å². The fraction of sp³-hybridized carbons (Fsp3) is 0.500. The third-order valence-electron chi connectivity index (χ3n) is 4.65. The smallest absolute Gasteiger partial charge is 0.317 e. The Labute approximate surface area is 142 Å². The van der Waals surface area contributed by atoms with E-state index < -0.39 is 0 Å². The van der Waals surface area contributed by atoms with Crippen molar-refractivity contribution >= 4 is 28.5 Å². The molecule has 4 nitrogen and oxygen atoms in total. The number of aryl methyl sites for hydroxylation is 1. The van der Waals surface area contributed by atoms with Gasteiger partial charge in [-0.1, -0.05) is 32.4 Å². The zero-order chi connectivity index (χ0) is 16.6. The lowest BCUT2D eigenvalue weighted by atomic mass is 10.00. The molecule has 124 valence electrons. The molecule has 2 N–H and O–H groups in total. The van der Waals surface area contributed by atoms with Crippen LogP contribution in [0.3, 0.4) is 0 Å². The van der Waals surface area contributed by atoms with E-state index in [4.69, 9.17) is 11.6 Å². The number of nitrogens with one attached hydrogen (secondary N) is 2. The Morgan fingerprint density at radius 2 is 2.13 bits per heavy atom. The number of carbonyl (C=O) groups is 1. The molecule has 0 radical (unpaired) electrons. The van der Waals surface area contributed by atoms with Gasteiger partial charge in [0.15, 0.2) is 0 Å². The molecule has 2 amide bonds. The third-order valence-corrected chi connectivity index (χ3v) is 4.97. The number of hydrogen-bond donors (Lipinski definition) is 2. The highest BCUT2D eigenvalue weighted by Gasteiger charge is 2.20. The number of carbonyl (C=O) groups excluding carboxylic acids is 1. The molecule has 2 aromatic rings. The van der Waals surface area contributed by atoms with Gasteiger partial charge in [0.2, 0.25) is 0 Å². The van der Waals surface area contributed by atoms with Crippen molar-refractivity contribution in [1.29, 1.82) is 0 Å². The minimum Gasteiger partial charge on any atom is -0.357 e. The van der Waals surface area contributed by atoms with Crippen LogP contribution < -0.4 is 5.32 Å². The van der Waals surface area contributed by atoms with Crippen LogP contribution in [-0.2, 0) is 13.0 Å². The number of halogens is 1. The van der Waals surface area contributed by atoms with Crippen molar-refractivity contribution in [1.82, 2.24) is 15.2 Å². The largest absolute Gasteiger partial charge is 0.357 e. The molecule has 0 unspecified atom stereocenters. The second-order valence-electron chi connectivity index (χ2n) is 6.51. The van der Waals surface area contributed by atoms with Crippen molar-refractivity contribution in [3.05, 3.63) is 34.0 Å². The average Bonchev–Trinajstić information content (AvgIpc) is 2.78. The zero-order valence-electron chi connectivity index (χ0n) is 14.0. The number of fused-ring (bicyclic) bond motifs is 1. The molecule has 2 heterocycles. The third kappa shape index (κ3) is 3.05. The van der Waals surface area contributed by atoms with Crippen LogP contribution >= 0.6 is 11.6 Å². The van der Waals surface area contributed by atoms with Crippen LogP contribution in [0.2, 0.25) is 5.02 Å². The molecule has 1 aromatic heterocycles. The van der Waals surface area contributed by atoms with E-state index >= 15 is 0 Å². The van der Waals surface area contributed by atoms with Gasteiger partial charge in [0.1, 0.15) is 0 Å². The Morgan fingerprint density at radius 3 is 2.70 bits per heavy atom. The molecule has 0 bridgehead atoms. The van der Waals surface area contributed by atoms with Gasteiger partial charge in [-0.15, -0.1) is 0 Å². The number of benzene rings is 1. The number of amides is 2. The van der Waals surface area contributed by atoms with Gasteiger partial charge in [0.25, 0.3) is 0 Å². The Balaban J connectivity index is 1.88. The fourth-order valence-electron chi connectivity index (χ4n) is 3.14. The molecule has 23 heavy (non-hydrogen) atoms. The van der Waals surface area contributed by atoms with E-state index in [1.54, 1.807) is 0 Å². The molecular formula is C18H24ClN3O. The SMILES string of the molecule is CCc1c(CNC(=O)N2CCC2)[nH]c2cc(C(C)C)c(Cl)cc12. The maximum atomic E-state index is 12.0. The first-order chi connectivity index (χ1) is 11.0. The summed E-state index contributed by atoms with van der Waals surface area (Å²) >= 11 is 6.44. The summed E-state index contributed by atoms with van der Waals surface area (Å²) in [6.07, 6.45) is 2.02. The number of rotatable bonds is 4. The van der Waals surface area contributed by atoms with Crippen LogP contribution in [0.4, 0.5) is 4.79 Å². The molecule has 1 aliphatic heterocycles. The summed E-state index contributed by atoms with van der Waals surface area (Å²) in [5.74, 6) is 0.384. The van der Waals surface area contributed by atoms with Crippen molar-refractivity contribution in [2.75, 3.05) is 13.1 Å².